The second-order valence-corrected chi connectivity index (χ2v) is 4.75. The van der Waals surface area contributed by atoms with Crippen LogP contribution in [0.1, 0.15) is 46.0 Å². The van der Waals surface area contributed by atoms with Crippen molar-refractivity contribution < 1.29 is 9.59 Å². The van der Waals surface area contributed by atoms with Crippen LogP contribution in [0.2, 0.25) is 0 Å². The van der Waals surface area contributed by atoms with E-state index in [0.717, 1.165) is 19.3 Å². The molecule has 1 atom stereocenters. The van der Waals surface area contributed by atoms with E-state index in [1.165, 1.54) is 0 Å². The van der Waals surface area contributed by atoms with Crippen LogP contribution >= 0.6 is 0 Å². The van der Waals surface area contributed by atoms with Crippen LogP contribution in [0.25, 0.3) is 0 Å². The Bertz CT molecular complexity index is 242. The largest absolute Gasteiger partial charge is 0.368 e. The van der Waals surface area contributed by atoms with Gasteiger partial charge >= 0.3 is 0 Å². The van der Waals surface area contributed by atoms with Gasteiger partial charge in [0.1, 0.15) is 6.04 Å². The third-order valence-electron chi connectivity index (χ3n) is 2.49. The van der Waals surface area contributed by atoms with Crippen molar-refractivity contribution in [1.82, 2.24) is 5.32 Å². The quantitative estimate of drug-likeness (QED) is 0.515. The fourth-order valence-corrected chi connectivity index (χ4v) is 1.59. The highest BCUT2D eigenvalue weighted by molar-refractivity contribution is 5.86. The van der Waals surface area contributed by atoms with E-state index in [0.29, 0.717) is 25.3 Å². The van der Waals surface area contributed by atoms with Gasteiger partial charge in [0.15, 0.2) is 0 Å². The molecule has 0 bridgehead atoms. The third-order valence-corrected chi connectivity index (χ3v) is 2.49. The fraction of sp³-hybridized carbons (Fsp3) is 0.833. The Morgan fingerprint density at radius 3 is 2.29 bits per heavy atom. The minimum atomic E-state index is -0.544. The van der Waals surface area contributed by atoms with Gasteiger partial charge in [-0.25, -0.2) is 0 Å². The fourth-order valence-electron chi connectivity index (χ4n) is 1.59. The molecule has 0 radical (unpaired) electrons. The molecule has 0 spiro atoms. The Kier molecular flexibility index (Phi) is 8.40. The zero-order valence-electron chi connectivity index (χ0n) is 10.9. The maximum absolute atomic E-state index is 11.6. The lowest BCUT2D eigenvalue weighted by molar-refractivity contribution is -0.127. The molecule has 0 aliphatic heterocycles. The van der Waals surface area contributed by atoms with Crippen molar-refractivity contribution in [3.05, 3.63) is 0 Å². The number of amides is 2. The molecule has 0 aromatic carbocycles. The number of carbonyl (C=O) groups is 2. The van der Waals surface area contributed by atoms with Crippen molar-refractivity contribution in [3.8, 4) is 0 Å². The molecular formula is C12H25N3O2. The molecule has 5 nitrogen and oxygen atoms in total. The number of nitrogens with one attached hydrogen (secondary N) is 1. The van der Waals surface area contributed by atoms with Gasteiger partial charge in [-0.05, 0) is 31.7 Å². The van der Waals surface area contributed by atoms with Gasteiger partial charge in [0.2, 0.25) is 11.8 Å². The molecule has 100 valence electrons. The number of nitrogens with two attached hydrogens (primary N) is 2. The van der Waals surface area contributed by atoms with Crippen LogP contribution < -0.4 is 16.8 Å². The van der Waals surface area contributed by atoms with Crippen molar-refractivity contribution in [3.63, 3.8) is 0 Å². The molecule has 5 heteroatoms. The van der Waals surface area contributed by atoms with E-state index in [1.807, 2.05) is 13.8 Å². The second-order valence-electron chi connectivity index (χ2n) is 4.75. The highest BCUT2D eigenvalue weighted by atomic mass is 16.2. The van der Waals surface area contributed by atoms with E-state index in [1.54, 1.807) is 0 Å². The zero-order valence-corrected chi connectivity index (χ0v) is 10.9. The predicted octanol–water partition coefficient (Wildman–Crippen LogP) is 0.522. The number of carbonyl (C=O) groups excluding carboxylic acids is 2. The monoisotopic (exact) mass is 243 g/mol. The average Bonchev–Trinajstić information content (AvgIpc) is 2.22. The van der Waals surface area contributed by atoms with E-state index < -0.39 is 11.9 Å². The van der Waals surface area contributed by atoms with Crippen LogP contribution in [0.4, 0.5) is 0 Å². The van der Waals surface area contributed by atoms with Gasteiger partial charge in [0.25, 0.3) is 0 Å². The standard InChI is InChI=1S/C12H25N3O2/c1-9(2)8-10(12(14)17)15-11(16)6-4-3-5-7-13/h9-10H,3-8,13H2,1-2H3,(H2,14,17)(H,15,16)/t10-/m0/s1. The first kappa shape index (κ1) is 15.9. The van der Waals surface area contributed by atoms with Gasteiger partial charge in [-0.3, -0.25) is 9.59 Å². The van der Waals surface area contributed by atoms with Gasteiger partial charge in [-0.1, -0.05) is 20.3 Å². The second kappa shape index (κ2) is 8.98. The van der Waals surface area contributed by atoms with Gasteiger partial charge in [-0.15, -0.1) is 0 Å². The van der Waals surface area contributed by atoms with Crippen LogP contribution in [0, 0.1) is 5.92 Å². The van der Waals surface area contributed by atoms with Crippen molar-refractivity contribution in [1.29, 1.82) is 0 Å². The SMILES string of the molecule is CC(C)C[C@H](NC(=O)CCCCCN)C(N)=O. The first-order valence-electron chi connectivity index (χ1n) is 6.26. The third kappa shape index (κ3) is 8.68. The summed E-state index contributed by atoms with van der Waals surface area (Å²) in [5, 5.41) is 2.68. The highest BCUT2D eigenvalue weighted by Gasteiger charge is 2.18. The van der Waals surface area contributed by atoms with Crippen LogP contribution in [0.5, 0.6) is 0 Å². The summed E-state index contributed by atoms with van der Waals surface area (Å²) in [6.07, 6.45) is 3.69. The van der Waals surface area contributed by atoms with Crippen molar-refractivity contribution in [2.24, 2.45) is 17.4 Å². The number of rotatable bonds is 9. The lowest BCUT2D eigenvalue weighted by Gasteiger charge is -2.17. The molecular weight excluding hydrogens is 218 g/mol. The summed E-state index contributed by atoms with van der Waals surface area (Å²) >= 11 is 0. The molecule has 0 aromatic rings. The van der Waals surface area contributed by atoms with E-state index in [-0.39, 0.29) is 5.91 Å². The number of hydrogen-bond donors (Lipinski definition) is 3. The summed E-state index contributed by atoms with van der Waals surface area (Å²) in [4.78, 5) is 22.7. The van der Waals surface area contributed by atoms with Crippen LogP contribution in [-0.4, -0.2) is 24.4 Å². The molecule has 0 saturated carbocycles. The first-order valence-corrected chi connectivity index (χ1v) is 6.26. The molecule has 0 saturated heterocycles. The maximum atomic E-state index is 11.6. The van der Waals surface area contributed by atoms with Crippen molar-refractivity contribution in [2.75, 3.05) is 6.54 Å². The first-order chi connectivity index (χ1) is 7.97. The molecule has 5 N–H and O–H groups in total. The molecule has 0 aliphatic carbocycles. The molecule has 0 unspecified atom stereocenters. The topological polar surface area (TPSA) is 98.2 Å². The maximum Gasteiger partial charge on any atom is 0.240 e. The van der Waals surface area contributed by atoms with E-state index in [4.69, 9.17) is 11.5 Å². The normalized spacial score (nSPS) is 12.5. The molecule has 2 amide bonds. The molecule has 0 fully saturated rings. The van der Waals surface area contributed by atoms with Gasteiger partial charge < -0.3 is 16.8 Å². The Morgan fingerprint density at radius 2 is 1.82 bits per heavy atom. The Balaban J connectivity index is 3.91. The van der Waals surface area contributed by atoms with E-state index in [9.17, 15) is 9.59 Å². The molecule has 0 aromatic heterocycles. The van der Waals surface area contributed by atoms with Crippen LogP contribution in [0.3, 0.4) is 0 Å². The molecule has 0 heterocycles. The smallest absolute Gasteiger partial charge is 0.240 e. The Hall–Kier alpha value is -1.10. The van der Waals surface area contributed by atoms with Gasteiger partial charge in [-0.2, -0.15) is 0 Å². The van der Waals surface area contributed by atoms with Crippen molar-refractivity contribution in [2.45, 2.75) is 52.0 Å². The Labute approximate surface area is 103 Å². The summed E-state index contributed by atoms with van der Waals surface area (Å²) in [6, 6.07) is -0.544. The van der Waals surface area contributed by atoms with Crippen LogP contribution in [-0.2, 0) is 9.59 Å². The summed E-state index contributed by atoms with van der Waals surface area (Å²) in [7, 11) is 0. The zero-order chi connectivity index (χ0) is 13.3. The summed E-state index contributed by atoms with van der Waals surface area (Å²) in [5.41, 5.74) is 10.6. The average molecular weight is 243 g/mol. The molecule has 17 heavy (non-hydrogen) atoms. The number of hydrogen-bond acceptors (Lipinski definition) is 3. The van der Waals surface area contributed by atoms with E-state index in [2.05, 4.69) is 5.32 Å². The lowest BCUT2D eigenvalue weighted by atomic mass is 10.0. The predicted molar refractivity (Wildman–Crippen MR) is 68.1 cm³/mol. The van der Waals surface area contributed by atoms with E-state index >= 15 is 0 Å². The summed E-state index contributed by atoms with van der Waals surface area (Å²) in [6.45, 7) is 4.63. The highest BCUT2D eigenvalue weighted by Crippen LogP contribution is 2.05. The number of primary amides is 1. The molecule has 0 rings (SSSR count). The minimum absolute atomic E-state index is 0.105. The summed E-state index contributed by atoms with van der Waals surface area (Å²) < 4.78 is 0. The minimum Gasteiger partial charge on any atom is -0.368 e. The van der Waals surface area contributed by atoms with Gasteiger partial charge in [0.05, 0.1) is 0 Å². The lowest BCUT2D eigenvalue weighted by Crippen LogP contribution is -2.45. The van der Waals surface area contributed by atoms with Crippen molar-refractivity contribution >= 4 is 11.8 Å². The Morgan fingerprint density at radius 1 is 1.18 bits per heavy atom. The van der Waals surface area contributed by atoms with Gasteiger partial charge in [0, 0.05) is 6.42 Å². The number of unbranched alkanes of at least 4 members (excludes halogenated alkanes) is 2. The van der Waals surface area contributed by atoms with Crippen LogP contribution in [0.15, 0.2) is 0 Å². The molecule has 0 aliphatic rings. The summed E-state index contributed by atoms with van der Waals surface area (Å²) in [5.74, 6) is -0.245.